The second-order valence-corrected chi connectivity index (χ2v) is 6.60. The molecule has 0 atom stereocenters. The fourth-order valence-corrected chi connectivity index (χ4v) is 3.22. The molecule has 3 heterocycles. The Morgan fingerprint density at radius 2 is 1.75 bits per heavy atom. The molecule has 0 bridgehead atoms. The molecule has 5 rings (SSSR count). The molecule has 0 aliphatic heterocycles. The first-order valence-electron chi connectivity index (χ1n) is 8.89. The SMILES string of the molecule is Nc1ccc2ncnc(Nc3ccc(Cc4ccn5ncnc5c4)cc3)c2c1. The van der Waals surface area contributed by atoms with E-state index in [1.165, 1.54) is 11.1 Å². The Labute approximate surface area is 160 Å². The third-order valence-corrected chi connectivity index (χ3v) is 4.63. The molecule has 0 aliphatic carbocycles. The zero-order valence-corrected chi connectivity index (χ0v) is 14.9. The monoisotopic (exact) mass is 367 g/mol. The van der Waals surface area contributed by atoms with Gasteiger partial charge in [-0.1, -0.05) is 12.1 Å². The maximum Gasteiger partial charge on any atom is 0.155 e. The lowest BCUT2D eigenvalue weighted by molar-refractivity contribution is 0.954. The number of hydrogen-bond acceptors (Lipinski definition) is 6. The first kappa shape index (κ1) is 16.2. The van der Waals surface area contributed by atoms with Crippen LogP contribution in [-0.4, -0.2) is 24.6 Å². The van der Waals surface area contributed by atoms with Crippen LogP contribution < -0.4 is 11.1 Å². The average molecular weight is 367 g/mol. The van der Waals surface area contributed by atoms with E-state index < -0.39 is 0 Å². The second-order valence-electron chi connectivity index (χ2n) is 6.60. The number of anilines is 3. The van der Waals surface area contributed by atoms with Crippen molar-refractivity contribution in [3.05, 3.63) is 84.6 Å². The second kappa shape index (κ2) is 6.62. The summed E-state index contributed by atoms with van der Waals surface area (Å²) in [5, 5.41) is 8.38. The summed E-state index contributed by atoms with van der Waals surface area (Å²) in [4.78, 5) is 12.9. The van der Waals surface area contributed by atoms with Gasteiger partial charge in [0.2, 0.25) is 0 Å². The fraction of sp³-hybridized carbons (Fsp3) is 0.0476. The van der Waals surface area contributed by atoms with E-state index in [4.69, 9.17) is 5.73 Å². The van der Waals surface area contributed by atoms with Crippen LogP contribution in [0.1, 0.15) is 11.1 Å². The molecule has 0 saturated carbocycles. The summed E-state index contributed by atoms with van der Waals surface area (Å²) in [5.41, 5.74) is 11.7. The number of nitrogens with one attached hydrogen (secondary N) is 1. The first-order chi connectivity index (χ1) is 13.7. The maximum absolute atomic E-state index is 5.91. The van der Waals surface area contributed by atoms with Crippen molar-refractivity contribution in [1.29, 1.82) is 0 Å². The van der Waals surface area contributed by atoms with Gasteiger partial charge in [-0.05, 0) is 60.0 Å². The van der Waals surface area contributed by atoms with Gasteiger partial charge in [-0.15, -0.1) is 0 Å². The summed E-state index contributed by atoms with van der Waals surface area (Å²) in [5.74, 6) is 0.738. The lowest BCUT2D eigenvalue weighted by Gasteiger charge is -2.10. The zero-order chi connectivity index (χ0) is 18.9. The van der Waals surface area contributed by atoms with Crippen molar-refractivity contribution < 1.29 is 0 Å². The Morgan fingerprint density at radius 3 is 2.64 bits per heavy atom. The molecule has 7 heteroatoms. The highest BCUT2D eigenvalue weighted by Gasteiger charge is 2.05. The smallest absolute Gasteiger partial charge is 0.155 e. The molecule has 136 valence electrons. The standard InChI is InChI=1S/C21H17N7/c22-16-3-6-19-18(11-16)21(25-12-23-19)27-17-4-1-14(2-5-17)9-15-7-8-28-20(10-15)24-13-26-28/h1-8,10-13H,9,22H2,(H,23,25,27). The highest BCUT2D eigenvalue weighted by Crippen LogP contribution is 2.25. The number of pyridine rings is 1. The van der Waals surface area contributed by atoms with E-state index >= 15 is 0 Å². The Kier molecular flexibility index (Phi) is 3.83. The highest BCUT2D eigenvalue weighted by molar-refractivity contribution is 5.92. The van der Waals surface area contributed by atoms with E-state index in [2.05, 4.69) is 49.6 Å². The van der Waals surface area contributed by atoms with Crippen LogP contribution in [0.5, 0.6) is 0 Å². The topological polar surface area (TPSA) is 94.0 Å². The van der Waals surface area contributed by atoms with Crippen LogP contribution >= 0.6 is 0 Å². The Hall–Kier alpha value is -4.00. The van der Waals surface area contributed by atoms with E-state index in [1.807, 2.05) is 36.5 Å². The molecule has 3 N–H and O–H groups in total. The number of nitrogens with zero attached hydrogens (tertiary/aromatic N) is 5. The molecule has 0 fully saturated rings. The Balaban J connectivity index is 1.37. The van der Waals surface area contributed by atoms with Crippen molar-refractivity contribution in [2.24, 2.45) is 0 Å². The van der Waals surface area contributed by atoms with Crippen LogP contribution in [-0.2, 0) is 6.42 Å². The predicted octanol–water partition coefficient (Wildman–Crippen LogP) is 3.59. The molecule has 2 aromatic carbocycles. The van der Waals surface area contributed by atoms with Gasteiger partial charge in [0, 0.05) is 23.0 Å². The van der Waals surface area contributed by atoms with Crippen LogP contribution in [0.4, 0.5) is 17.2 Å². The van der Waals surface area contributed by atoms with Gasteiger partial charge in [0.05, 0.1) is 5.52 Å². The third kappa shape index (κ3) is 3.09. The lowest BCUT2D eigenvalue weighted by Crippen LogP contribution is -1.97. The van der Waals surface area contributed by atoms with Crippen LogP contribution in [0.25, 0.3) is 16.6 Å². The van der Waals surface area contributed by atoms with Crippen molar-refractivity contribution >= 4 is 33.7 Å². The van der Waals surface area contributed by atoms with Gasteiger partial charge >= 0.3 is 0 Å². The molecule has 0 amide bonds. The largest absolute Gasteiger partial charge is 0.399 e. The number of hydrogen-bond donors (Lipinski definition) is 2. The summed E-state index contributed by atoms with van der Waals surface area (Å²) >= 11 is 0. The normalized spacial score (nSPS) is 11.1. The van der Waals surface area contributed by atoms with Crippen LogP contribution in [0.3, 0.4) is 0 Å². The molecule has 0 spiro atoms. The van der Waals surface area contributed by atoms with Gasteiger partial charge in [-0.2, -0.15) is 5.10 Å². The maximum atomic E-state index is 5.91. The zero-order valence-electron chi connectivity index (χ0n) is 14.9. The van der Waals surface area contributed by atoms with E-state index in [-0.39, 0.29) is 0 Å². The van der Waals surface area contributed by atoms with Crippen molar-refractivity contribution in [1.82, 2.24) is 24.6 Å². The first-order valence-corrected chi connectivity index (χ1v) is 8.89. The molecule has 7 nitrogen and oxygen atoms in total. The highest BCUT2D eigenvalue weighted by atomic mass is 15.3. The van der Waals surface area contributed by atoms with Gasteiger partial charge in [-0.3, -0.25) is 0 Å². The van der Waals surface area contributed by atoms with E-state index in [1.54, 1.807) is 17.2 Å². The summed E-state index contributed by atoms with van der Waals surface area (Å²) in [6, 6.07) is 18.0. The number of nitrogens with two attached hydrogens (primary N) is 1. The number of nitrogen functional groups attached to an aromatic ring is 1. The molecule has 5 aromatic rings. The quantitative estimate of drug-likeness (QED) is 0.472. The van der Waals surface area contributed by atoms with Crippen LogP contribution in [0, 0.1) is 0 Å². The van der Waals surface area contributed by atoms with Gasteiger partial charge in [0.15, 0.2) is 5.65 Å². The minimum atomic E-state index is 0.686. The van der Waals surface area contributed by atoms with Crippen molar-refractivity contribution in [2.75, 3.05) is 11.1 Å². The van der Waals surface area contributed by atoms with Crippen molar-refractivity contribution in [3.8, 4) is 0 Å². The third-order valence-electron chi connectivity index (χ3n) is 4.63. The number of fused-ring (bicyclic) bond motifs is 2. The summed E-state index contributed by atoms with van der Waals surface area (Å²) in [6.07, 6.45) is 5.87. The average Bonchev–Trinajstić information content (AvgIpc) is 3.18. The van der Waals surface area contributed by atoms with Crippen LogP contribution in [0.15, 0.2) is 73.4 Å². The summed E-state index contributed by atoms with van der Waals surface area (Å²) < 4.78 is 1.76. The Bertz CT molecular complexity index is 1280. The Morgan fingerprint density at radius 1 is 0.857 bits per heavy atom. The van der Waals surface area contributed by atoms with E-state index in [9.17, 15) is 0 Å². The minimum absolute atomic E-state index is 0.686. The number of rotatable bonds is 4. The molecule has 3 aromatic heterocycles. The van der Waals surface area contributed by atoms with Crippen molar-refractivity contribution in [2.45, 2.75) is 6.42 Å². The number of aromatic nitrogens is 5. The molecular weight excluding hydrogens is 350 g/mol. The van der Waals surface area contributed by atoms with Gasteiger partial charge in [-0.25, -0.2) is 19.5 Å². The van der Waals surface area contributed by atoms with Gasteiger partial charge in [0.25, 0.3) is 0 Å². The lowest BCUT2D eigenvalue weighted by atomic mass is 10.1. The minimum Gasteiger partial charge on any atom is -0.399 e. The van der Waals surface area contributed by atoms with Crippen molar-refractivity contribution in [3.63, 3.8) is 0 Å². The predicted molar refractivity (Wildman–Crippen MR) is 109 cm³/mol. The van der Waals surface area contributed by atoms with E-state index in [0.29, 0.717) is 5.69 Å². The number of benzene rings is 2. The molecule has 0 unspecified atom stereocenters. The molecule has 0 aliphatic rings. The van der Waals surface area contributed by atoms with E-state index in [0.717, 1.165) is 34.5 Å². The van der Waals surface area contributed by atoms with Gasteiger partial charge < -0.3 is 11.1 Å². The van der Waals surface area contributed by atoms with Gasteiger partial charge in [0.1, 0.15) is 18.5 Å². The molecule has 28 heavy (non-hydrogen) atoms. The fourth-order valence-electron chi connectivity index (χ4n) is 3.22. The van der Waals surface area contributed by atoms with Crippen LogP contribution in [0.2, 0.25) is 0 Å². The molecule has 0 radical (unpaired) electrons. The summed E-state index contributed by atoms with van der Waals surface area (Å²) in [7, 11) is 0. The summed E-state index contributed by atoms with van der Waals surface area (Å²) in [6.45, 7) is 0. The molecular formula is C21H17N7. The molecule has 0 saturated heterocycles.